The van der Waals surface area contributed by atoms with Gasteiger partial charge in [0.15, 0.2) is 11.5 Å². The summed E-state index contributed by atoms with van der Waals surface area (Å²) in [6, 6.07) is 16.8. The van der Waals surface area contributed by atoms with E-state index in [-0.39, 0.29) is 17.6 Å². The Hall–Kier alpha value is -2.73. The number of hydrogen-bond donors (Lipinski definition) is 0. The number of hydrogen-bond acceptors (Lipinski definition) is 1. The fourth-order valence-corrected chi connectivity index (χ4v) is 3.58. The molecule has 0 saturated carbocycles. The molecule has 0 heterocycles. The Kier molecular flexibility index (Phi) is 5.86. The summed E-state index contributed by atoms with van der Waals surface area (Å²) in [4.78, 5) is 0. The van der Waals surface area contributed by atoms with Crippen LogP contribution in [0.3, 0.4) is 0 Å². The molecule has 0 aromatic heterocycles. The summed E-state index contributed by atoms with van der Waals surface area (Å²) >= 11 is 0. The summed E-state index contributed by atoms with van der Waals surface area (Å²) in [5, 5.41) is 9.10. The molecule has 1 aliphatic rings. The maximum Gasteiger partial charge on any atom is 0.192 e. The highest BCUT2D eigenvalue weighted by Crippen LogP contribution is 2.46. The third-order valence-corrected chi connectivity index (χ3v) is 5.05. The minimum absolute atomic E-state index is 0.114. The lowest BCUT2D eigenvalue weighted by Crippen LogP contribution is -2.24. The van der Waals surface area contributed by atoms with E-state index in [1.54, 1.807) is 18.2 Å². The maximum atomic E-state index is 15.8. The number of nitriles is 1. The van der Waals surface area contributed by atoms with E-state index < -0.39 is 11.5 Å². The van der Waals surface area contributed by atoms with Crippen LogP contribution < -0.4 is 0 Å². The predicted molar refractivity (Wildman–Crippen MR) is 105 cm³/mol. The first-order valence-corrected chi connectivity index (χ1v) is 9.44. The van der Waals surface area contributed by atoms with Gasteiger partial charge in [0.05, 0.1) is 5.57 Å². The van der Waals surface area contributed by atoms with Crippen LogP contribution >= 0.6 is 0 Å². The smallest absolute Gasteiger partial charge is 0.192 e. The Morgan fingerprint density at radius 2 is 1.93 bits per heavy atom. The van der Waals surface area contributed by atoms with Crippen LogP contribution in [0.5, 0.6) is 0 Å². The number of rotatable bonds is 6. The fraction of sp³-hybridized carbons (Fsp3) is 0.292. The summed E-state index contributed by atoms with van der Waals surface area (Å²) in [5.41, 5.74) is 0.449. The average Bonchev–Trinajstić information content (AvgIpc) is 2.70. The summed E-state index contributed by atoms with van der Waals surface area (Å²) in [6.07, 6.45) is 7.18. The van der Waals surface area contributed by atoms with Gasteiger partial charge in [0, 0.05) is 12.0 Å². The number of allylic oxidation sites excluding steroid dienone is 4. The second-order valence-electron chi connectivity index (χ2n) is 6.95. The largest absolute Gasteiger partial charge is 0.230 e. The van der Waals surface area contributed by atoms with Crippen molar-refractivity contribution in [2.45, 2.75) is 44.7 Å². The molecule has 0 N–H and O–H groups in total. The van der Waals surface area contributed by atoms with Crippen LogP contribution in [-0.2, 0) is 12.1 Å². The van der Waals surface area contributed by atoms with E-state index in [1.807, 2.05) is 24.3 Å². The molecule has 27 heavy (non-hydrogen) atoms. The molecule has 1 atom stereocenters. The predicted octanol–water partition coefficient (Wildman–Crippen LogP) is 6.96. The zero-order valence-corrected chi connectivity index (χ0v) is 15.5. The zero-order chi connectivity index (χ0) is 19.3. The van der Waals surface area contributed by atoms with E-state index in [1.165, 1.54) is 24.1 Å². The van der Waals surface area contributed by atoms with Crippen molar-refractivity contribution in [1.82, 2.24) is 0 Å². The number of alkyl halides is 1. The van der Waals surface area contributed by atoms with Gasteiger partial charge in [0.25, 0.3) is 0 Å². The SMILES string of the molecule is CCCCCc1cccc(-c2ccccc2C2(F)CC=CC(C#N)=C2F)c1. The summed E-state index contributed by atoms with van der Waals surface area (Å²) in [6.45, 7) is 2.17. The first kappa shape index (κ1) is 19.0. The van der Waals surface area contributed by atoms with E-state index in [9.17, 15) is 4.39 Å². The van der Waals surface area contributed by atoms with Gasteiger partial charge in [-0.15, -0.1) is 0 Å². The van der Waals surface area contributed by atoms with Crippen LogP contribution in [-0.4, -0.2) is 0 Å². The molecule has 0 spiro atoms. The zero-order valence-electron chi connectivity index (χ0n) is 15.5. The van der Waals surface area contributed by atoms with Crippen molar-refractivity contribution in [3.05, 3.63) is 83.2 Å². The third-order valence-electron chi connectivity index (χ3n) is 5.05. The number of unbranched alkanes of at least 4 members (excludes halogenated alkanes) is 2. The monoisotopic (exact) mass is 363 g/mol. The lowest BCUT2D eigenvalue weighted by atomic mass is 9.81. The van der Waals surface area contributed by atoms with Crippen molar-refractivity contribution >= 4 is 0 Å². The minimum atomic E-state index is -2.31. The first-order valence-electron chi connectivity index (χ1n) is 9.44. The molecule has 0 radical (unpaired) electrons. The molecule has 1 aliphatic carbocycles. The Morgan fingerprint density at radius 3 is 2.70 bits per heavy atom. The first-order chi connectivity index (χ1) is 13.1. The number of halogens is 2. The Morgan fingerprint density at radius 1 is 1.11 bits per heavy atom. The second-order valence-corrected chi connectivity index (χ2v) is 6.95. The van der Waals surface area contributed by atoms with Crippen LogP contribution in [0.2, 0.25) is 0 Å². The van der Waals surface area contributed by atoms with Gasteiger partial charge in [0.2, 0.25) is 0 Å². The van der Waals surface area contributed by atoms with Gasteiger partial charge in [-0.05, 0) is 35.6 Å². The van der Waals surface area contributed by atoms with E-state index in [2.05, 4.69) is 19.1 Å². The molecule has 2 aromatic carbocycles. The third kappa shape index (κ3) is 3.85. The minimum Gasteiger partial charge on any atom is -0.230 e. The molecule has 3 rings (SSSR count). The lowest BCUT2D eigenvalue weighted by Gasteiger charge is -2.28. The molecule has 0 saturated heterocycles. The van der Waals surface area contributed by atoms with Crippen LogP contribution in [0.4, 0.5) is 8.78 Å². The quantitative estimate of drug-likeness (QED) is 0.509. The molecule has 0 aliphatic heterocycles. The molecule has 0 fully saturated rings. The van der Waals surface area contributed by atoms with Crippen LogP contribution in [0.15, 0.2) is 72.1 Å². The molecule has 1 nitrogen and oxygen atoms in total. The van der Waals surface area contributed by atoms with Gasteiger partial charge in [-0.1, -0.05) is 74.4 Å². The number of nitrogens with zero attached hydrogens (tertiary/aromatic N) is 1. The van der Waals surface area contributed by atoms with E-state index in [4.69, 9.17) is 5.26 Å². The van der Waals surface area contributed by atoms with Crippen molar-refractivity contribution < 1.29 is 8.78 Å². The average molecular weight is 363 g/mol. The molecular formula is C24H23F2N. The van der Waals surface area contributed by atoms with E-state index in [0.717, 1.165) is 24.8 Å². The van der Waals surface area contributed by atoms with Crippen molar-refractivity contribution in [1.29, 1.82) is 5.26 Å². The van der Waals surface area contributed by atoms with E-state index >= 15 is 4.39 Å². The highest BCUT2D eigenvalue weighted by Gasteiger charge is 2.41. The highest BCUT2D eigenvalue weighted by atomic mass is 19.2. The molecular weight excluding hydrogens is 340 g/mol. The molecule has 138 valence electrons. The topological polar surface area (TPSA) is 23.8 Å². The van der Waals surface area contributed by atoms with Crippen molar-refractivity contribution in [3.8, 4) is 17.2 Å². The van der Waals surface area contributed by atoms with Gasteiger partial charge < -0.3 is 0 Å². The molecule has 3 heteroatoms. The van der Waals surface area contributed by atoms with Gasteiger partial charge in [-0.2, -0.15) is 5.26 Å². The highest BCUT2D eigenvalue weighted by molar-refractivity contribution is 5.70. The fourth-order valence-electron chi connectivity index (χ4n) is 3.58. The Labute approximate surface area is 159 Å². The molecule has 0 amide bonds. The maximum absolute atomic E-state index is 15.8. The van der Waals surface area contributed by atoms with Gasteiger partial charge in [0.1, 0.15) is 6.07 Å². The van der Waals surface area contributed by atoms with Crippen LogP contribution in [0.1, 0.15) is 43.7 Å². The standard InChI is InChI=1S/C24H23F2N/c1-2-3-4-9-18-10-7-11-19(16-18)21-13-5-6-14-22(21)24(26)15-8-12-20(17-27)23(24)25/h5-8,10-14,16H,2-4,9,15H2,1H3. The Balaban J connectivity index is 2.03. The summed E-state index contributed by atoms with van der Waals surface area (Å²) < 4.78 is 30.6. The van der Waals surface area contributed by atoms with Crippen molar-refractivity contribution in [2.24, 2.45) is 0 Å². The molecule has 1 unspecified atom stereocenters. The van der Waals surface area contributed by atoms with Crippen LogP contribution in [0.25, 0.3) is 11.1 Å². The van der Waals surface area contributed by atoms with Gasteiger partial charge in [-0.3, -0.25) is 0 Å². The van der Waals surface area contributed by atoms with Gasteiger partial charge >= 0.3 is 0 Å². The van der Waals surface area contributed by atoms with E-state index in [0.29, 0.717) is 5.56 Å². The molecule has 0 bridgehead atoms. The normalized spacial score (nSPS) is 19.2. The lowest BCUT2D eigenvalue weighted by molar-refractivity contribution is 0.176. The van der Waals surface area contributed by atoms with Crippen molar-refractivity contribution in [2.75, 3.05) is 0 Å². The van der Waals surface area contributed by atoms with Gasteiger partial charge in [-0.25, -0.2) is 8.78 Å². The number of benzene rings is 2. The van der Waals surface area contributed by atoms with Crippen LogP contribution in [0, 0.1) is 11.3 Å². The Bertz CT molecular complexity index is 920. The van der Waals surface area contributed by atoms with Crippen molar-refractivity contribution in [3.63, 3.8) is 0 Å². The second kappa shape index (κ2) is 8.31. The molecule has 2 aromatic rings. The summed E-state index contributed by atoms with van der Waals surface area (Å²) in [5.74, 6) is -1.00. The number of aryl methyl sites for hydroxylation is 1. The summed E-state index contributed by atoms with van der Waals surface area (Å²) in [7, 11) is 0.